The summed E-state index contributed by atoms with van der Waals surface area (Å²) in [5.41, 5.74) is -1.11. The Hall–Kier alpha value is -2.74. The molecule has 2 aliphatic heterocycles. The number of sulfonamides is 1. The van der Waals surface area contributed by atoms with Crippen LogP contribution in [0.2, 0.25) is 0 Å². The first-order valence-electron chi connectivity index (χ1n) is 18.1. The third-order valence-corrected chi connectivity index (χ3v) is 13.6. The van der Waals surface area contributed by atoms with E-state index in [1.54, 1.807) is 4.90 Å². The molecule has 0 spiro atoms. The summed E-state index contributed by atoms with van der Waals surface area (Å²) >= 11 is 0. The average molecular weight is 693 g/mol. The van der Waals surface area contributed by atoms with E-state index in [1.165, 1.54) is 18.4 Å². The summed E-state index contributed by atoms with van der Waals surface area (Å²) in [6, 6.07) is -3.27. The van der Waals surface area contributed by atoms with Gasteiger partial charge in [0.1, 0.15) is 12.1 Å². The second-order valence-electron chi connectivity index (χ2n) is 15.8. The fourth-order valence-electron chi connectivity index (χ4n) is 8.29. The van der Waals surface area contributed by atoms with Gasteiger partial charge in [0.05, 0.1) is 17.3 Å². The number of nitrogens with zero attached hydrogens (tertiary/aromatic N) is 2. The van der Waals surface area contributed by atoms with Crippen LogP contribution in [-0.4, -0.2) is 103 Å². The molecule has 48 heavy (non-hydrogen) atoms. The van der Waals surface area contributed by atoms with Crippen molar-refractivity contribution in [3.8, 4) is 0 Å². The number of carbonyl (C=O) groups is 5. The second-order valence-corrected chi connectivity index (χ2v) is 18.0. The van der Waals surface area contributed by atoms with E-state index in [9.17, 15) is 32.4 Å². The van der Waals surface area contributed by atoms with Gasteiger partial charge in [0.15, 0.2) is 0 Å². The Morgan fingerprint density at radius 2 is 1.48 bits per heavy atom. The van der Waals surface area contributed by atoms with Crippen LogP contribution in [0.25, 0.3) is 0 Å². The molecule has 14 heteroatoms. The first kappa shape index (κ1) is 36.5. The molecule has 2 heterocycles. The molecule has 0 aromatic heterocycles. The Bertz CT molecular complexity index is 1360. The van der Waals surface area contributed by atoms with Gasteiger partial charge in [-0.25, -0.2) is 17.5 Å². The summed E-state index contributed by atoms with van der Waals surface area (Å²) in [6.45, 7) is 4.51. The average Bonchev–Trinajstić information content (AvgIpc) is 3.87. The minimum Gasteiger partial charge on any atom is -0.347 e. The van der Waals surface area contributed by atoms with Crippen molar-refractivity contribution in [2.24, 2.45) is 17.3 Å². The van der Waals surface area contributed by atoms with Crippen molar-refractivity contribution in [3.63, 3.8) is 0 Å². The maximum Gasteiger partial charge on any atom is 0.315 e. The maximum atomic E-state index is 14.3. The number of fused-ring (bicyclic) bond motifs is 3. The molecule has 5 rings (SSSR count). The molecule has 0 aromatic carbocycles. The summed E-state index contributed by atoms with van der Waals surface area (Å²) < 4.78 is 27.0. The van der Waals surface area contributed by atoms with Crippen molar-refractivity contribution in [1.29, 1.82) is 0 Å². The van der Waals surface area contributed by atoms with Gasteiger partial charge in [-0.15, -0.1) is 0 Å². The Morgan fingerprint density at radius 3 is 2.10 bits per heavy atom. The van der Waals surface area contributed by atoms with Gasteiger partial charge < -0.3 is 26.2 Å². The Morgan fingerprint density at radius 1 is 0.875 bits per heavy atom. The van der Waals surface area contributed by atoms with Crippen LogP contribution in [0, 0.1) is 17.3 Å². The van der Waals surface area contributed by atoms with Crippen LogP contribution in [0.1, 0.15) is 110 Å². The van der Waals surface area contributed by atoms with Gasteiger partial charge in [-0.3, -0.25) is 19.2 Å². The number of rotatable bonds is 8. The third kappa shape index (κ3) is 8.34. The summed E-state index contributed by atoms with van der Waals surface area (Å²) in [7, 11) is -0.643. The zero-order chi connectivity index (χ0) is 34.9. The molecule has 0 aromatic rings. The van der Waals surface area contributed by atoms with Crippen molar-refractivity contribution in [2.75, 3.05) is 26.4 Å². The van der Waals surface area contributed by atoms with Crippen molar-refractivity contribution in [1.82, 2.24) is 30.5 Å². The summed E-state index contributed by atoms with van der Waals surface area (Å²) in [5.74, 6) is -2.34. The molecule has 5 atom stereocenters. The molecule has 0 bridgehead atoms. The number of ketones is 1. The number of hydrogen-bond donors (Lipinski definition) is 4. The summed E-state index contributed by atoms with van der Waals surface area (Å²) in [5, 5.41) is 11.5. The van der Waals surface area contributed by atoms with Crippen molar-refractivity contribution in [2.45, 2.75) is 140 Å². The van der Waals surface area contributed by atoms with Gasteiger partial charge in [0, 0.05) is 26.7 Å². The lowest BCUT2D eigenvalue weighted by molar-refractivity contribution is -0.144. The molecular weight excluding hydrogens is 636 g/mol. The standard InChI is InChI=1S/C34H56N6O7S/c1-33(2)23-20-40-27(26(23)33)29(42)36-24(28(41)30(43)35-22-16-17-22)14-10-7-5-6-8-11-15-25(31(40)44)37-32(45)38-34(18-12-9-13-19-34)21-48(46,47)39(3)4/h22-27H,5-21H2,1-4H3,(H,35,43)(H,36,42)(H2,37,38,45)/t23-,24+,25+,26-,27-/m0/s1. The molecule has 5 fully saturated rings. The number of hydrogen-bond acceptors (Lipinski definition) is 7. The SMILES string of the molecule is CN(C)S(=O)(=O)CC1(NC(=O)N[C@@H]2CCCCCCCC[C@H](C(=O)C(=O)NC3CC3)NC(=O)[C@@H]3[C@@H]4[C@H](CN3C2=O)C4(C)C)CCCCC1. The van der Waals surface area contributed by atoms with Crippen LogP contribution >= 0.6 is 0 Å². The monoisotopic (exact) mass is 692 g/mol. The van der Waals surface area contributed by atoms with E-state index in [0.29, 0.717) is 45.1 Å². The van der Waals surface area contributed by atoms with E-state index in [2.05, 4.69) is 35.1 Å². The molecule has 3 saturated carbocycles. The predicted octanol–water partition coefficient (Wildman–Crippen LogP) is 2.20. The van der Waals surface area contributed by atoms with E-state index in [-0.39, 0.29) is 35.0 Å². The van der Waals surface area contributed by atoms with E-state index in [1.807, 2.05) is 0 Å². The van der Waals surface area contributed by atoms with Crippen LogP contribution in [-0.2, 0) is 29.2 Å². The van der Waals surface area contributed by atoms with Gasteiger partial charge in [0.2, 0.25) is 27.6 Å². The van der Waals surface area contributed by atoms with Gasteiger partial charge >= 0.3 is 6.03 Å². The largest absolute Gasteiger partial charge is 0.347 e. The highest BCUT2D eigenvalue weighted by molar-refractivity contribution is 7.89. The topological polar surface area (TPSA) is 174 Å². The molecule has 5 aliphatic rings. The lowest BCUT2D eigenvalue weighted by Gasteiger charge is -2.39. The van der Waals surface area contributed by atoms with Crippen LogP contribution < -0.4 is 21.3 Å². The predicted molar refractivity (Wildman–Crippen MR) is 180 cm³/mol. The molecule has 4 N–H and O–H groups in total. The number of nitrogens with one attached hydrogen (secondary N) is 4. The second kappa shape index (κ2) is 14.6. The fourth-order valence-corrected chi connectivity index (χ4v) is 9.61. The lowest BCUT2D eigenvalue weighted by atomic mass is 9.83. The molecule has 3 aliphatic carbocycles. The highest BCUT2D eigenvalue weighted by atomic mass is 32.2. The van der Waals surface area contributed by atoms with E-state index in [0.717, 1.165) is 57.8 Å². The molecule has 13 nitrogen and oxygen atoms in total. The lowest BCUT2D eigenvalue weighted by Crippen LogP contribution is -2.62. The number of urea groups is 1. The molecule has 270 valence electrons. The number of piperidine rings is 1. The summed E-state index contributed by atoms with van der Waals surface area (Å²) in [4.78, 5) is 69.6. The fraction of sp³-hybridized carbons (Fsp3) is 0.853. The zero-order valence-electron chi connectivity index (χ0n) is 29.1. The van der Waals surface area contributed by atoms with Crippen molar-refractivity contribution < 1.29 is 32.4 Å². The number of amides is 5. The normalized spacial score (nSPS) is 30.9. The zero-order valence-corrected chi connectivity index (χ0v) is 30.0. The maximum absolute atomic E-state index is 14.3. The van der Waals surface area contributed by atoms with E-state index < -0.39 is 57.3 Å². The minimum atomic E-state index is -3.61. The third-order valence-electron chi connectivity index (χ3n) is 11.6. The van der Waals surface area contributed by atoms with Gasteiger partial charge in [0.25, 0.3) is 5.91 Å². The first-order chi connectivity index (χ1) is 22.6. The molecule has 0 unspecified atom stereocenters. The van der Waals surface area contributed by atoms with E-state index >= 15 is 0 Å². The van der Waals surface area contributed by atoms with Crippen LogP contribution in [0.4, 0.5) is 4.79 Å². The molecule has 0 radical (unpaired) electrons. The summed E-state index contributed by atoms with van der Waals surface area (Å²) in [6.07, 6.45) is 10.9. The number of carbonyl (C=O) groups excluding carboxylic acids is 5. The Balaban J connectivity index is 1.35. The molecule has 5 amide bonds. The highest BCUT2D eigenvalue weighted by Crippen LogP contribution is 2.65. The van der Waals surface area contributed by atoms with E-state index in [4.69, 9.17) is 0 Å². The van der Waals surface area contributed by atoms with Gasteiger partial charge in [-0.05, 0) is 55.8 Å². The smallest absolute Gasteiger partial charge is 0.315 e. The number of Topliss-reactive ketones (excluding diaryl/α,β-unsaturated/α-hetero) is 1. The highest BCUT2D eigenvalue weighted by Gasteiger charge is 2.69. The quantitative estimate of drug-likeness (QED) is 0.282. The first-order valence-corrected chi connectivity index (χ1v) is 19.7. The van der Waals surface area contributed by atoms with Gasteiger partial charge in [-0.1, -0.05) is 71.6 Å². The Labute approximate surface area is 285 Å². The Kier molecular flexibility index (Phi) is 11.1. The van der Waals surface area contributed by atoms with Crippen molar-refractivity contribution in [3.05, 3.63) is 0 Å². The van der Waals surface area contributed by atoms with Crippen LogP contribution in [0.3, 0.4) is 0 Å². The molecule has 2 saturated heterocycles. The van der Waals surface area contributed by atoms with Crippen LogP contribution in [0.5, 0.6) is 0 Å². The van der Waals surface area contributed by atoms with Crippen molar-refractivity contribution >= 4 is 39.6 Å². The van der Waals surface area contributed by atoms with Gasteiger partial charge in [-0.2, -0.15) is 0 Å². The van der Waals surface area contributed by atoms with Crippen LogP contribution in [0.15, 0.2) is 0 Å². The molecular formula is C34H56N6O7S. The minimum absolute atomic E-state index is 0.0161.